The zero-order chi connectivity index (χ0) is 14.1. The van der Waals surface area contributed by atoms with Crippen molar-refractivity contribution in [1.82, 2.24) is 0 Å². The lowest BCUT2D eigenvalue weighted by Crippen LogP contribution is -2.23. The Kier molecular flexibility index (Phi) is 3.36. The molecule has 2 aromatic carbocycles. The van der Waals surface area contributed by atoms with E-state index in [1.807, 2.05) is 12.1 Å². The van der Waals surface area contributed by atoms with Crippen LogP contribution in [0.4, 0.5) is 0 Å². The van der Waals surface area contributed by atoms with Gasteiger partial charge in [0.25, 0.3) is 0 Å². The molecule has 1 aliphatic carbocycles. The normalized spacial score (nSPS) is 16.1. The summed E-state index contributed by atoms with van der Waals surface area (Å²) >= 11 is 5.81. The Morgan fingerprint density at radius 2 is 2.10 bits per heavy atom. The molecule has 0 aromatic heterocycles. The van der Waals surface area contributed by atoms with E-state index in [2.05, 4.69) is 12.1 Å². The molecule has 0 aliphatic heterocycles. The van der Waals surface area contributed by atoms with E-state index >= 15 is 0 Å². The molecule has 4 heteroatoms. The van der Waals surface area contributed by atoms with Crippen molar-refractivity contribution in [3.8, 4) is 5.75 Å². The van der Waals surface area contributed by atoms with Crippen LogP contribution in [0.25, 0.3) is 0 Å². The van der Waals surface area contributed by atoms with Crippen LogP contribution >= 0.6 is 11.6 Å². The zero-order valence-electron chi connectivity index (χ0n) is 10.7. The highest BCUT2D eigenvalue weighted by Crippen LogP contribution is 2.35. The monoisotopic (exact) mass is 288 g/mol. The quantitative estimate of drug-likeness (QED) is 0.932. The summed E-state index contributed by atoms with van der Waals surface area (Å²) in [4.78, 5) is 11.2. The minimum Gasteiger partial charge on any atom is -0.492 e. The molecule has 0 amide bonds. The Balaban J connectivity index is 1.73. The first-order valence-electron chi connectivity index (χ1n) is 6.38. The van der Waals surface area contributed by atoms with Gasteiger partial charge in [0.05, 0.1) is 6.61 Å². The summed E-state index contributed by atoms with van der Waals surface area (Å²) in [7, 11) is 0. The average Bonchev–Trinajstić information content (AvgIpc) is 2.41. The zero-order valence-corrected chi connectivity index (χ0v) is 11.4. The van der Waals surface area contributed by atoms with E-state index in [1.54, 1.807) is 12.1 Å². The number of hydrogen-bond acceptors (Lipinski definition) is 2. The van der Waals surface area contributed by atoms with Crippen LogP contribution in [0.15, 0.2) is 42.5 Å². The number of halogens is 1. The van der Waals surface area contributed by atoms with Crippen LogP contribution in [0.1, 0.15) is 27.4 Å². The highest BCUT2D eigenvalue weighted by Gasteiger charge is 2.26. The molecule has 20 heavy (non-hydrogen) atoms. The lowest BCUT2D eigenvalue weighted by molar-refractivity contribution is 0.0691. The maximum absolute atomic E-state index is 11.2. The molecule has 102 valence electrons. The Morgan fingerprint density at radius 1 is 1.30 bits per heavy atom. The topological polar surface area (TPSA) is 46.5 Å². The van der Waals surface area contributed by atoms with Crippen molar-refractivity contribution in [3.63, 3.8) is 0 Å². The van der Waals surface area contributed by atoms with Gasteiger partial charge in [-0.25, -0.2) is 4.79 Å². The van der Waals surface area contributed by atoms with Gasteiger partial charge in [0, 0.05) is 10.9 Å². The fourth-order valence-corrected chi connectivity index (χ4v) is 2.67. The molecule has 3 rings (SSSR count). The molecule has 3 nitrogen and oxygen atoms in total. The van der Waals surface area contributed by atoms with E-state index in [0.717, 1.165) is 6.42 Å². The highest BCUT2D eigenvalue weighted by molar-refractivity contribution is 6.31. The Labute approximate surface area is 121 Å². The van der Waals surface area contributed by atoms with Crippen molar-refractivity contribution in [3.05, 3.63) is 64.2 Å². The van der Waals surface area contributed by atoms with Crippen molar-refractivity contribution in [2.24, 2.45) is 0 Å². The Bertz CT molecular complexity index is 667. The summed E-state index contributed by atoms with van der Waals surface area (Å²) in [5.41, 5.74) is 2.74. The van der Waals surface area contributed by atoms with Gasteiger partial charge in [0.15, 0.2) is 0 Å². The number of aromatic carboxylic acids is 1. The summed E-state index contributed by atoms with van der Waals surface area (Å²) < 4.78 is 5.67. The van der Waals surface area contributed by atoms with Gasteiger partial charge in [-0.15, -0.1) is 0 Å². The van der Waals surface area contributed by atoms with Crippen molar-refractivity contribution in [2.45, 2.75) is 12.3 Å². The highest BCUT2D eigenvalue weighted by atomic mass is 35.5. The largest absolute Gasteiger partial charge is 0.492 e. The van der Waals surface area contributed by atoms with E-state index in [0.29, 0.717) is 23.3 Å². The third kappa shape index (κ3) is 2.37. The fraction of sp³-hybridized carbons (Fsp3) is 0.188. The van der Waals surface area contributed by atoms with Crippen LogP contribution in [0.5, 0.6) is 5.75 Å². The van der Waals surface area contributed by atoms with Crippen LogP contribution in [0.2, 0.25) is 5.02 Å². The molecule has 1 atom stereocenters. The van der Waals surface area contributed by atoms with Gasteiger partial charge in [-0.2, -0.15) is 0 Å². The van der Waals surface area contributed by atoms with Crippen LogP contribution in [0.3, 0.4) is 0 Å². The lowest BCUT2D eigenvalue weighted by atomic mass is 9.78. The Morgan fingerprint density at radius 3 is 2.85 bits per heavy atom. The summed E-state index contributed by atoms with van der Waals surface area (Å²) in [6.07, 6.45) is 0.978. The van der Waals surface area contributed by atoms with Crippen molar-refractivity contribution >= 4 is 17.6 Å². The number of carboxylic acid groups (broad SMARTS) is 1. The second-order valence-electron chi connectivity index (χ2n) is 4.86. The molecule has 0 bridgehead atoms. The second kappa shape index (κ2) is 5.17. The maximum Gasteiger partial charge on any atom is 0.339 e. The molecule has 0 radical (unpaired) electrons. The van der Waals surface area contributed by atoms with Gasteiger partial charge in [0.2, 0.25) is 0 Å². The van der Waals surface area contributed by atoms with Crippen LogP contribution < -0.4 is 4.74 Å². The smallest absolute Gasteiger partial charge is 0.339 e. The molecule has 2 aromatic rings. The SMILES string of the molecule is O=C(O)c1cc(Cl)ccc1OCC1Cc2ccccc21. The number of fused-ring (bicyclic) bond motifs is 1. The van der Waals surface area contributed by atoms with Gasteiger partial charge in [-0.3, -0.25) is 0 Å². The molecular formula is C16H13ClO3. The van der Waals surface area contributed by atoms with Gasteiger partial charge in [0.1, 0.15) is 11.3 Å². The van der Waals surface area contributed by atoms with E-state index in [1.165, 1.54) is 17.2 Å². The number of carbonyl (C=O) groups is 1. The molecule has 0 spiro atoms. The molecule has 0 saturated heterocycles. The van der Waals surface area contributed by atoms with Crippen LogP contribution in [0, 0.1) is 0 Å². The van der Waals surface area contributed by atoms with Crippen molar-refractivity contribution in [2.75, 3.05) is 6.61 Å². The first-order chi connectivity index (χ1) is 9.65. The van der Waals surface area contributed by atoms with Crippen LogP contribution in [-0.4, -0.2) is 17.7 Å². The molecule has 1 unspecified atom stereocenters. The summed E-state index contributed by atoms with van der Waals surface area (Å²) in [6.45, 7) is 0.485. The first-order valence-corrected chi connectivity index (χ1v) is 6.76. The van der Waals surface area contributed by atoms with E-state index < -0.39 is 5.97 Å². The fourth-order valence-electron chi connectivity index (χ4n) is 2.50. The summed E-state index contributed by atoms with van der Waals surface area (Å²) in [5, 5.41) is 9.54. The minimum absolute atomic E-state index is 0.102. The Hall–Kier alpha value is -2.00. The van der Waals surface area contributed by atoms with Gasteiger partial charge < -0.3 is 9.84 Å². The predicted molar refractivity (Wildman–Crippen MR) is 76.8 cm³/mol. The molecule has 1 N–H and O–H groups in total. The standard InChI is InChI=1S/C16H13ClO3/c17-12-5-6-15(14(8-12)16(18)19)20-9-11-7-10-3-1-2-4-13(10)11/h1-6,8,11H,7,9H2,(H,18,19). The first kappa shape index (κ1) is 13.0. The number of ether oxygens (including phenoxy) is 1. The van der Waals surface area contributed by atoms with Gasteiger partial charge in [-0.05, 0) is 35.7 Å². The van der Waals surface area contributed by atoms with E-state index in [4.69, 9.17) is 21.4 Å². The second-order valence-corrected chi connectivity index (χ2v) is 5.29. The number of benzene rings is 2. The molecule has 0 fully saturated rings. The summed E-state index contributed by atoms with van der Waals surface area (Å²) in [6, 6.07) is 12.9. The summed E-state index contributed by atoms with van der Waals surface area (Å²) in [5.74, 6) is -0.327. The third-order valence-electron chi connectivity index (χ3n) is 3.57. The number of rotatable bonds is 4. The molecule has 1 aliphatic rings. The number of hydrogen-bond donors (Lipinski definition) is 1. The molecule has 0 heterocycles. The van der Waals surface area contributed by atoms with Gasteiger partial charge >= 0.3 is 5.97 Å². The predicted octanol–water partition coefficient (Wildman–Crippen LogP) is 3.76. The van der Waals surface area contributed by atoms with Gasteiger partial charge in [-0.1, -0.05) is 35.9 Å². The van der Waals surface area contributed by atoms with Crippen molar-refractivity contribution in [1.29, 1.82) is 0 Å². The minimum atomic E-state index is -1.03. The van der Waals surface area contributed by atoms with Crippen LogP contribution in [-0.2, 0) is 6.42 Å². The van der Waals surface area contributed by atoms with E-state index in [-0.39, 0.29) is 5.56 Å². The lowest BCUT2D eigenvalue weighted by Gasteiger charge is -2.30. The number of carboxylic acids is 1. The van der Waals surface area contributed by atoms with Crippen molar-refractivity contribution < 1.29 is 14.6 Å². The third-order valence-corrected chi connectivity index (χ3v) is 3.81. The molecule has 0 saturated carbocycles. The average molecular weight is 289 g/mol. The maximum atomic E-state index is 11.2. The van der Waals surface area contributed by atoms with E-state index in [9.17, 15) is 4.79 Å². The molecular weight excluding hydrogens is 276 g/mol.